The third kappa shape index (κ3) is 9.14. The Morgan fingerprint density at radius 2 is 1.64 bits per heavy atom. The summed E-state index contributed by atoms with van der Waals surface area (Å²) in [5.74, 6) is 0.547. The van der Waals surface area contributed by atoms with E-state index in [0.717, 1.165) is 69.7 Å². The third-order valence-corrected chi connectivity index (χ3v) is 6.08. The third-order valence-electron chi connectivity index (χ3n) is 6.08. The van der Waals surface area contributed by atoms with Crippen LogP contribution in [0.3, 0.4) is 0 Å². The summed E-state index contributed by atoms with van der Waals surface area (Å²) in [4.78, 5) is 13.8. The maximum absolute atomic E-state index is 12.4. The summed E-state index contributed by atoms with van der Waals surface area (Å²) in [6.45, 7) is 9.91. The molecule has 188 valence electrons. The highest BCUT2D eigenvalue weighted by Gasteiger charge is 2.31. The van der Waals surface area contributed by atoms with Crippen LogP contribution in [0.2, 0.25) is 0 Å². The second kappa shape index (κ2) is 12.0. The highest BCUT2D eigenvalue weighted by Crippen LogP contribution is 2.31. The Morgan fingerprint density at radius 3 is 2.09 bits per heavy atom. The van der Waals surface area contributed by atoms with Gasteiger partial charge < -0.3 is 26.4 Å². The molecule has 1 atom stereocenters. The highest BCUT2D eigenvalue weighted by molar-refractivity contribution is 5.76. The molecule has 33 heavy (non-hydrogen) atoms. The first-order valence-corrected chi connectivity index (χ1v) is 11.7. The Kier molecular flexibility index (Phi) is 10.00. The number of hydrogen-bond acceptors (Lipinski definition) is 6. The number of alkyl halides is 3. The van der Waals surface area contributed by atoms with Crippen molar-refractivity contribution in [2.75, 3.05) is 37.6 Å². The van der Waals surface area contributed by atoms with Gasteiger partial charge in [-0.1, -0.05) is 0 Å². The van der Waals surface area contributed by atoms with Crippen molar-refractivity contribution in [2.24, 2.45) is 23.3 Å². The van der Waals surface area contributed by atoms with Crippen LogP contribution in [0.25, 0.3) is 0 Å². The van der Waals surface area contributed by atoms with Crippen LogP contribution in [0.1, 0.15) is 52.0 Å². The maximum atomic E-state index is 12.4. The molecule has 2 saturated heterocycles. The molecule has 2 heterocycles. The van der Waals surface area contributed by atoms with E-state index in [1.165, 1.54) is 0 Å². The van der Waals surface area contributed by atoms with Gasteiger partial charge in [-0.05, 0) is 102 Å². The van der Waals surface area contributed by atoms with E-state index in [2.05, 4.69) is 10.2 Å². The molecule has 2 fully saturated rings. The predicted molar refractivity (Wildman–Crippen MR) is 125 cm³/mol. The fourth-order valence-corrected chi connectivity index (χ4v) is 4.05. The average Bonchev–Trinajstić information content (AvgIpc) is 2.78. The van der Waals surface area contributed by atoms with E-state index in [0.29, 0.717) is 12.5 Å². The fraction of sp³-hybridized carbons (Fsp3) is 0.708. The van der Waals surface area contributed by atoms with Crippen LogP contribution >= 0.6 is 0 Å². The molecule has 0 saturated carbocycles. The number of benzene rings is 1. The molecule has 2 aliphatic rings. The molecule has 0 aliphatic carbocycles. The van der Waals surface area contributed by atoms with E-state index in [1.807, 2.05) is 20.8 Å². The SMILES string of the molecule is CC(C)(C)OC(=O)C(N)C1CCNCC1.NCC1CCN(c2ccc(C(F)(F)F)cc2)CC1. The van der Waals surface area contributed by atoms with E-state index in [-0.39, 0.29) is 11.9 Å². The number of piperidine rings is 2. The van der Waals surface area contributed by atoms with Crippen LogP contribution < -0.4 is 21.7 Å². The van der Waals surface area contributed by atoms with Crippen molar-refractivity contribution in [2.45, 2.75) is 64.3 Å². The second-order valence-corrected chi connectivity index (χ2v) is 9.86. The van der Waals surface area contributed by atoms with Gasteiger partial charge in [-0.3, -0.25) is 4.79 Å². The molecule has 1 unspecified atom stereocenters. The van der Waals surface area contributed by atoms with Crippen LogP contribution in [-0.4, -0.2) is 50.3 Å². The number of carbonyl (C=O) groups excluding carboxylic acids is 1. The van der Waals surface area contributed by atoms with Crippen LogP contribution in [0.15, 0.2) is 24.3 Å². The minimum atomic E-state index is -4.26. The van der Waals surface area contributed by atoms with E-state index in [9.17, 15) is 18.0 Å². The van der Waals surface area contributed by atoms with Crippen LogP contribution in [0, 0.1) is 11.8 Å². The van der Waals surface area contributed by atoms with Gasteiger partial charge >= 0.3 is 12.1 Å². The molecule has 0 bridgehead atoms. The number of rotatable bonds is 4. The van der Waals surface area contributed by atoms with Crippen molar-refractivity contribution in [3.8, 4) is 0 Å². The monoisotopic (exact) mass is 472 g/mol. The topological polar surface area (TPSA) is 93.6 Å². The quantitative estimate of drug-likeness (QED) is 0.581. The largest absolute Gasteiger partial charge is 0.459 e. The summed E-state index contributed by atoms with van der Waals surface area (Å²) in [6, 6.07) is 4.91. The van der Waals surface area contributed by atoms with Crippen molar-refractivity contribution in [1.29, 1.82) is 0 Å². The summed E-state index contributed by atoms with van der Waals surface area (Å²) in [6.07, 6.45) is -0.319. The Balaban J connectivity index is 0.000000238. The van der Waals surface area contributed by atoms with Gasteiger partial charge in [0, 0.05) is 18.8 Å². The van der Waals surface area contributed by atoms with Crippen molar-refractivity contribution in [3.63, 3.8) is 0 Å². The molecular weight excluding hydrogens is 433 g/mol. The summed E-state index contributed by atoms with van der Waals surface area (Å²) in [5.41, 5.74) is 11.3. The zero-order valence-electron chi connectivity index (χ0n) is 20.0. The number of nitrogens with zero attached hydrogens (tertiary/aromatic N) is 1. The summed E-state index contributed by atoms with van der Waals surface area (Å²) in [5, 5.41) is 3.25. The van der Waals surface area contributed by atoms with E-state index >= 15 is 0 Å². The second-order valence-electron chi connectivity index (χ2n) is 9.86. The number of ether oxygens (including phenoxy) is 1. The lowest BCUT2D eigenvalue weighted by Crippen LogP contribution is -2.46. The summed E-state index contributed by atoms with van der Waals surface area (Å²) < 4.78 is 42.6. The van der Waals surface area contributed by atoms with E-state index < -0.39 is 23.4 Å². The molecule has 1 aromatic rings. The number of hydrogen-bond donors (Lipinski definition) is 3. The maximum Gasteiger partial charge on any atom is 0.416 e. The van der Waals surface area contributed by atoms with Crippen LogP contribution in [-0.2, 0) is 15.7 Å². The van der Waals surface area contributed by atoms with Crippen molar-refractivity contribution in [1.82, 2.24) is 5.32 Å². The molecule has 0 spiro atoms. The number of carbonyl (C=O) groups is 1. The zero-order chi connectivity index (χ0) is 24.6. The molecule has 5 N–H and O–H groups in total. The van der Waals surface area contributed by atoms with Crippen molar-refractivity contribution < 1.29 is 22.7 Å². The molecule has 0 amide bonds. The fourth-order valence-electron chi connectivity index (χ4n) is 4.05. The molecule has 3 rings (SSSR count). The van der Waals surface area contributed by atoms with Gasteiger partial charge in [-0.25, -0.2) is 0 Å². The Bertz CT molecular complexity index is 721. The Hall–Kier alpha value is -1.84. The van der Waals surface area contributed by atoms with E-state index in [1.54, 1.807) is 12.1 Å². The van der Waals surface area contributed by atoms with Crippen molar-refractivity contribution in [3.05, 3.63) is 29.8 Å². The number of nitrogens with one attached hydrogen (secondary N) is 1. The number of esters is 1. The first kappa shape index (κ1) is 27.4. The van der Waals surface area contributed by atoms with Gasteiger partial charge in [0.2, 0.25) is 0 Å². The van der Waals surface area contributed by atoms with Crippen LogP contribution in [0.4, 0.5) is 18.9 Å². The standard InChI is InChI=1S/C13H17F3N2.C11H22N2O2/c14-13(15,16)11-1-3-12(4-2-11)18-7-5-10(9-17)6-8-18;1-11(2,3)15-10(14)9(12)8-4-6-13-7-5-8/h1-4,10H,5-9,17H2;8-9,13H,4-7,12H2,1-3H3. The normalized spacial score (nSPS) is 19.5. The molecule has 0 radical (unpaired) electrons. The molecule has 6 nitrogen and oxygen atoms in total. The number of anilines is 1. The molecule has 1 aromatic carbocycles. The lowest BCUT2D eigenvalue weighted by Gasteiger charge is -2.33. The molecule has 9 heteroatoms. The first-order valence-electron chi connectivity index (χ1n) is 11.7. The van der Waals surface area contributed by atoms with Gasteiger partial charge in [0.15, 0.2) is 0 Å². The smallest absolute Gasteiger partial charge is 0.416 e. The summed E-state index contributed by atoms with van der Waals surface area (Å²) >= 11 is 0. The predicted octanol–water partition coefficient (Wildman–Crippen LogP) is 3.54. The molecular formula is C24H39F3N4O2. The molecule has 2 aliphatic heterocycles. The van der Waals surface area contributed by atoms with Gasteiger partial charge in [0.05, 0.1) is 5.56 Å². The Labute approximate surface area is 195 Å². The van der Waals surface area contributed by atoms with Crippen molar-refractivity contribution >= 4 is 11.7 Å². The van der Waals surface area contributed by atoms with Gasteiger partial charge in [-0.15, -0.1) is 0 Å². The zero-order valence-corrected chi connectivity index (χ0v) is 20.0. The minimum Gasteiger partial charge on any atom is -0.459 e. The van der Waals surface area contributed by atoms with Gasteiger partial charge in [-0.2, -0.15) is 13.2 Å². The number of halogens is 3. The van der Waals surface area contributed by atoms with Crippen LogP contribution in [0.5, 0.6) is 0 Å². The minimum absolute atomic E-state index is 0.265. The van der Waals surface area contributed by atoms with Gasteiger partial charge in [0.25, 0.3) is 0 Å². The molecule has 0 aromatic heterocycles. The lowest BCUT2D eigenvalue weighted by atomic mass is 9.91. The Morgan fingerprint density at radius 1 is 1.09 bits per heavy atom. The highest BCUT2D eigenvalue weighted by atomic mass is 19.4. The average molecular weight is 473 g/mol. The number of nitrogens with two attached hydrogens (primary N) is 2. The first-order chi connectivity index (χ1) is 15.4. The summed E-state index contributed by atoms with van der Waals surface area (Å²) in [7, 11) is 0. The van der Waals surface area contributed by atoms with E-state index in [4.69, 9.17) is 16.2 Å². The van der Waals surface area contributed by atoms with Gasteiger partial charge in [0.1, 0.15) is 11.6 Å². The lowest BCUT2D eigenvalue weighted by molar-refractivity contribution is -0.158.